The van der Waals surface area contributed by atoms with E-state index in [1.807, 2.05) is 0 Å². The van der Waals surface area contributed by atoms with Gasteiger partial charge in [0.15, 0.2) is 5.58 Å². The molecule has 3 aliphatic rings. The Balaban J connectivity index is 1.10. The molecule has 300 valence electrons. The molecule has 1 unspecified atom stereocenters. The predicted octanol–water partition coefficient (Wildman–Crippen LogP) is 16.7. The van der Waals surface area contributed by atoms with Crippen LogP contribution in [0, 0.1) is 0 Å². The second-order valence-corrected chi connectivity index (χ2v) is 17.6. The van der Waals surface area contributed by atoms with Gasteiger partial charge >= 0.3 is 0 Å². The molecule has 0 saturated heterocycles. The third kappa shape index (κ3) is 5.79. The molecule has 1 saturated carbocycles. The largest absolute Gasteiger partial charge is 0.454 e. The molecule has 1 fully saturated rings. The second-order valence-electron chi connectivity index (χ2n) is 17.6. The number of nitrogens with zero attached hydrogens (tertiary/aromatic N) is 2. The van der Waals surface area contributed by atoms with E-state index in [-0.39, 0.29) is 5.41 Å². The molecule has 0 radical (unpaired) electrons. The van der Waals surface area contributed by atoms with E-state index in [2.05, 4.69) is 211 Å². The van der Waals surface area contributed by atoms with Crippen molar-refractivity contribution in [1.82, 2.24) is 0 Å². The van der Waals surface area contributed by atoms with Gasteiger partial charge in [0, 0.05) is 44.4 Å². The first kappa shape index (κ1) is 36.7. The van der Waals surface area contributed by atoms with E-state index in [4.69, 9.17) is 4.42 Å². The van der Waals surface area contributed by atoms with E-state index in [1.54, 1.807) is 0 Å². The van der Waals surface area contributed by atoms with Crippen LogP contribution in [-0.4, -0.2) is 0 Å². The van der Waals surface area contributed by atoms with Crippen LogP contribution >= 0.6 is 0 Å². The zero-order chi connectivity index (χ0) is 41.2. The number of allylic oxidation sites excluding steroid dienone is 4. The molecular formula is C59H48N2O. The van der Waals surface area contributed by atoms with Crippen LogP contribution in [-0.2, 0) is 5.41 Å². The van der Waals surface area contributed by atoms with E-state index < -0.39 is 0 Å². The molecule has 2 heterocycles. The minimum atomic E-state index is -0.191. The standard InChI is InChI=1S/C59H48N2O/c1-59-38-18-32-46(58(59)61(43-24-6-3-7-25-43)53-35-12-10-33-51(53)59)42-23-14-26-44(39-42)60(54-36-17-31-50-48-28-9-13-37-55(48)62-57(50)54)52-34-11-8-27-47(52)49-30-16-22-41-21-15-29-45(56(41)49)40-19-4-2-5-20-40/h3,6-18,21-37,39-40H,2,4-5,19-20,38H2,1H3. The van der Waals surface area contributed by atoms with Gasteiger partial charge in [-0.15, -0.1) is 0 Å². The third-order valence-corrected chi connectivity index (χ3v) is 14.0. The Hall–Kier alpha value is -7.10. The first-order valence-electron chi connectivity index (χ1n) is 22.4. The first-order valence-corrected chi connectivity index (χ1v) is 22.4. The molecule has 9 aromatic rings. The zero-order valence-corrected chi connectivity index (χ0v) is 35.1. The van der Waals surface area contributed by atoms with Gasteiger partial charge in [0.1, 0.15) is 5.58 Å². The van der Waals surface area contributed by atoms with Crippen molar-refractivity contribution in [3.05, 3.63) is 217 Å². The molecular weight excluding hydrogens is 753 g/mol. The van der Waals surface area contributed by atoms with E-state index in [0.29, 0.717) is 5.92 Å². The maximum Gasteiger partial charge on any atom is 0.159 e. The van der Waals surface area contributed by atoms with E-state index in [9.17, 15) is 0 Å². The highest BCUT2D eigenvalue weighted by molar-refractivity contribution is 6.11. The van der Waals surface area contributed by atoms with Gasteiger partial charge in [0.25, 0.3) is 0 Å². The number of hydrogen-bond donors (Lipinski definition) is 0. The van der Waals surface area contributed by atoms with Gasteiger partial charge in [-0.1, -0.05) is 165 Å². The van der Waals surface area contributed by atoms with Crippen molar-refractivity contribution < 1.29 is 4.42 Å². The molecule has 3 nitrogen and oxygen atoms in total. The van der Waals surface area contributed by atoms with Crippen LogP contribution in [0.2, 0.25) is 0 Å². The number of hydrogen-bond acceptors (Lipinski definition) is 3. The summed E-state index contributed by atoms with van der Waals surface area (Å²) in [7, 11) is 0. The number of fused-ring (bicyclic) bond motifs is 7. The number of benzene rings is 8. The van der Waals surface area contributed by atoms with Crippen LogP contribution in [0.1, 0.15) is 68.1 Å². The summed E-state index contributed by atoms with van der Waals surface area (Å²) < 4.78 is 6.87. The smallest absolute Gasteiger partial charge is 0.159 e. The number of anilines is 5. The summed E-state index contributed by atoms with van der Waals surface area (Å²) in [6.07, 6.45) is 12.1. The highest BCUT2D eigenvalue weighted by atomic mass is 16.3. The van der Waals surface area contributed by atoms with Crippen LogP contribution in [0.3, 0.4) is 0 Å². The first-order chi connectivity index (χ1) is 30.7. The molecule has 62 heavy (non-hydrogen) atoms. The number of para-hydroxylation sites is 5. The zero-order valence-electron chi connectivity index (χ0n) is 35.1. The summed E-state index contributed by atoms with van der Waals surface area (Å²) in [6.45, 7) is 2.42. The SMILES string of the molecule is CC12CC=CC(c3cccc(N(c4ccccc4-c4cccc5cccc(C6CCCCC6)c45)c4cccc5c4oc4ccccc45)c3)=C1N(c1ccccc1)c1ccccc12. The van der Waals surface area contributed by atoms with Gasteiger partial charge < -0.3 is 14.2 Å². The Morgan fingerprint density at radius 1 is 0.613 bits per heavy atom. The molecule has 1 aliphatic heterocycles. The van der Waals surface area contributed by atoms with Gasteiger partial charge in [0.2, 0.25) is 0 Å². The maximum atomic E-state index is 6.87. The van der Waals surface area contributed by atoms with Gasteiger partial charge in [-0.05, 0) is 114 Å². The molecule has 12 rings (SSSR count). The Morgan fingerprint density at radius 3 is 2.23 bits per heavy atom. The summed E-state index contributed by atoms with van der Waals surface area (Å²) >= 11 is 0. The van der Waals surface area contributed by atoms with Crippen LogP contribution in [0.15, 0.2) is 204 Å². The van der Waals surface area contributed by atoms with Gasteiger partial charge in [0.05, 0.1) is 17.1 Å². The average Bonchev–Trinajstić information content (AvgIpc) is 3.85. The highest BCUT2D eigenvalue weighted by Gasteiger charge is 2.46. The quantitative estimate of drug-likeness (QED) is 0.160. The van der Waals surface area contributed by atoms with Crippen LogP contribution in [0.25, 0.3) is 49.4 Å². The third-order valence-electron chi connectivity index (χ3n) is 14.0. The van der Waals surface area contributed by atoms with Gasteiger partial charge in [-0.3, -0.25) is 0 Å². The Labute approximate surface area is 363 Å². The Bertz CT molecular complexity index is 3230. The molecule has 0 bridgehead atoms. The minimum Gasteiger partial charge on any atom is -0.454 e. The van der Waals surface area contributed by atoms with Crippen molar-refractivity contribution in [2.75, 3.05) is 9.80 Å². The van der Waals surface area contributed by atoms with Crippen LogP contribution in [0.5, 0.6) is 0 Å². The van der Waals surface area contributed by atoms with E-state index in [1.165, 1.54) is 93.3 Å². The molecule has 1 aromatic heterocycles. The van der Waals surface area contributed by atoms with Crippen molar-refractivity contribution in [3.63, 3.8) is 0 Å². The highest BCUT2D eigenvalue weighted by Crippen LogP contribution is 2.57. The Kier molecular flexibility index (Phi) is 8.78. The molecule has 8 aromatic carbocycles. The molecule has 0 spiro atoms. The molecule has 3 heteroatoms. The Morgan fingerprint density at radius 2 is 1.32 bits per heavy atom. The van der Waals surface area contributed by atoms with Crippen LogP contribution in [0.4, 0.5) is 28.4 Å². The van der Waals surface area contributed by atoms with Crippen molar-refractivity contribution in [2.24, 2.45) is 0 Å². The van der Waals surface area contributed by atoms with Crippen molar-refractivity contribution in [1.29, 1.82) is 0 Å². The minimum absolute atomic E-state index is 0.191. The lowest BCUT2D eigenvalue weighted by atomic mass is 9.73. The number of furan rings is 1. The topological polar surface area (TPSA) is 19.6 Å². The van der Waals surface area contributed by atoms with E-state index in [0.717, 1.165) is 45.4 Å². The normalized spacial score (nSPS) is 17.5. The molecule has 1 atom stereocenters. The second kappa shape index (κ2) is 14.8. The van der Waals surface area contributed by atoms with Crippen LogP contribution < -0.4 is 9.80 Å². The van der Waals surface area contributed by atoms with Crippen molar-refractivity contribution in [3.8, 4) is 11.1 Å². The lowest BCUT2D eigenvalue weighted by Crippen LogP contribution is -2.28. The summed E-state index contributed by atoms with van der Waals surface area (Å²) in [5, 5.41) is 4.91. The van der Waals surface area contributed by atoms with Gasteiger partial charge in [-0.2, -0.15) is 0 Å². The molecule has 0 N–H and O–H groups in total. The van der Waals surface area contributed by atoms with Crippen molar-refractivity contribution >= 4 is 66.7 Å². The maximum absolute atomic E-state index is 6.87. The van der Waals surface area contributed by atoms with E-state index >= 15 is 0 Å². The number of rotatable bonds is 7. The lowest BCUT2D eigenvalue weighted by molar-refractivity contribution is 0.445. The van der Waals surface area contributed by atoms with Gasteiger partial charge in [-0.25, -0.2) is 0 Å². The summed E-state index contributed by atoms with van der Waals surface area (Å²) in [4.78, 5) is 4.97. The fraction of sp³-hybridized carbons (Fsp3) is 0.153. The molecule has 0 amide bonds. The molecule has 2 aliphatic carbocycles. The summed E-state index contributed by atoms with van der Waals surface area (Å²) in [5.74, 6) is 0.568. The fourth-order valence-corrected chi connectivity index (χ4v) is 11.2. The lowest BCUT2D eigenvalue weighted by Gasteiger charge is -2.35. The average molecular weight is 801 g/mol. The monoisotopic (exact) mass is 800 g/mol. The van der Waals surface area contributed by atoms with Crippen molar-refractivity contribution in [2.45, 2.75) is 56.8 Å². The fourth-order valence-electron chi connectivity index (χ4n) is 11.2. The summed E-state index contributed by atoms with van der Waals surface area (Å²) in [5.41, 5.74) is 16.3. The predicted molar refractivity (Wildman–Crippen MR) is 260 cm³/mol. The summed E-state index contributed by atoms with van der Waals surface area (Å²) in [6, 6.07) is 67.0.